The van der Waals surface area contributed by atoms with E-state index in [0.717, 1.165) is 109 Å². The predicted molar refractivity (Wildman–Crippen MR) is 344 cm³/mol. The van der Waals surface area contributed by atoms with Crippen LogP contribution >= 0.6 is 0 Å². The summed E-state index contributed by atoms with van der Waals surface area (Å²) in [5.74, 6) is -0.888. The number of esters is 3. The highest BCUT2D eigenvalue weighted by atomic mass is 16.6. The number of rotatable bonds is 65. The first kappa shape index (κ1) is 76.4. The zero-order valence-corrected chi connectivity index (χ0v) is 53.2. The van der Waals surface area contributed by atoms with Gasteiger partial charge < -0.3 is 14.2 Å². The standard InChI is InChI=1S/C73H134O6/c1-4-7-10-13-16-19-22-25-27-29-30-31-32-33-34-35-36-37-38-39-40-41-42-43-44-46-48-51-54-57-60-63-66-72(75)78-69-70(68-77-71(74)65-62-59-56-53-50-47-24-21-18-15-12-9-6-3)79-73(76)67-64-61-58-55-52-49-45-28-26-23-20-17-14-11-8-5-2/h12,15,20-21,23-24,28,45,70H,4-11,13-14,16-19,22,25-27,29-44,46-69H2,1-3H3/b15-12-,23-20-,24-21-,45-28-. The van der Waals surface area contributed by atoms with Crippen LogP contribution in [0.25, 0.3) is 0 Å². The summed E-state index contributed by atoms with van der Waals surface area (Å²) in [5, 5.41) is 0. The van der Waals surface area contributed by atoms with Crippen molar-refractivity contribution in [3.05, 3.63) is 48.6 Å². The number of carbonyl (C=O) groups is 3. The number of ether oxygens (including phenoxy) is 3. The largest absolute Gasteiger partial charge is 0.462 e. The van der Waals surface area contributed by atoms with Crippen molar-refractivity contribution in [3.8, 4) is 0 Å². The van der Waals surface area contributed by atoms with Gasteiger partial charge in [0.15, 0.2) is 6.10 Å². The van der Waals surface area contributed by atoms with Crippen molar-refractivity contribution in [2.24, 2.45) is 0 Å². The summed E-state index contributed by atoms with van der Waals surface area (Å²) in [7, 11) is 0. The lowest BCUT2D eigenvalue weighted by Gasteiger charge is -2.18. The maximum atomic E-state index is 12.9. The van der Waals surface area contributed by atoms with Gasteiger partial charge in [-0.15, -0.1) is 0 Å². The van der Waals surface area contributed by atoms with Crippen LogP contribution in [0.2, 0.25) is 0 Å². The third-order valence-corrected chi connectivity index (χ3v) is 15.8. The van der Waals surface area contributed by atoms with Gasteiger partial charge in [0.25, 0.3) is 0 Å². The summed E-state index contributed by atoms with van der Waals surface area (Å²) in [5.41, 5.74) is 0. The molecule has 1 unspecified atom stereocenters. The van der Waals surface area contributed by atoms with Gasteiger partial charge in [0.2, 0.25) is 0 Å². The molecular formula is C73H134O6. The minimum absolute atomic E-state index is 0.0801. The number of hydrogen-bond acceptors (Lipinski definition) is 6. The van der Waals surface area contributed by atoms with Crippen LogP contribution in [-0.2, 0) is 28.6 Å². The monoisotopic (exact) mass is 1110 g/mol. The quantitative estimate of drug-likeness (QED) is 0.0261. The van der Waals surface area contributed by atoms with Gasteiger partial charge in [0, 0.05) is 19.3 Å². The van der Waals surface area contributed by atoms with E-state index in [9.17, 15) is 14.4 Å². The number of allylic oxidation sites excluding steroid dienone is 8. The average Bonchev–Trinajstić information content (AvgIpc) is 3.45. The Morgan fingerprint density at radius 3 is 0.759 bits per heavy atom. The van der Waals surface area contributed by atoms with Crippen molar-refractivity contribution in [3.63, 3.8) is 0 Å². The van der Waals surface area contributed by atoms with Crippen molar-refractivity contribution >= 4 is 17.9 Å². The average molecular weight is 1110 g/mol. The van der Waals surface area contributed by atoms with Crippen LogP contribution in [-0.4, -0.2) is 37.2 Å². The first-order chi connectivity index (χ1) is 39.0. The van der Waals surface area contributed by atoms with E-state index in [1.54, 1.807) is 0 Å². The van der Waals surface area contributed by atoms with E-state index < -0.39 is 6.10 Å². The zero-order chi connectivity index (χ0) is 57.1. The maximum absolute atomic E-state index is 12.9. The van der Waals surface area contributed by atoms with Crippen molar-refractivity contribution in [1.29, 1.82) is 0 Å². The molecule has 79 heavy (non-hydrogen) atoms. The van der Waals surface area contributed by atoms with E-state index in [4.69, 9.17) is 14.2 Å². The third kappa shape index (κ3) is 66.1. The van der Waals surface area contributed by atoms with Gasteiger partial charge in [-0.05, 0) is 77.0 Å². The van der Waals surface area contributed by atoms with Gasteiger partial charge >= 0.3 is 17.9 Å². The topological polar surface area (TPSA) is 78.9 Å². The molecule has 0 radical (unpaired) electrons. The Balaban J connectivity index is 4.12. The Labute approximate surface area is 492 Å². The fourth-order valence-corrected chi connectivity index (χ4v) is 10.5. The van der Waals surface area contributed by atoms with Crippen LogP contribution in [0.1, 0.15) is 380 Å². The van der Waals surface area contributed by atoms with Gasteiger partial charge in [-0.3, -0.25) is 14.4 Å². The molecule has 0 heterocycles. The van der Waals surface area contributed by atoms with Crippen LogP contribution in [0.15, 0.2) is 48.6 Å². The molecule has 0 amide bonds. The van der Waals surface area contributed by atoms with Crippen molar-refractivity contribution in [2.45, 2.75) is 386 Å². The van der Waals surface area contributed by atoms with E-state index in [2.05, 4.69) is 69.4 Å². The van der Waals surface area contributed by atoms with Gasteiger partial charge in [0.1, 0.15) is 13.2 Å². The van der Waals surface area contributed by atoms with Crippen LogP contribution in [0.4, 0.5) is 0 Å². The summed E-state index contributed by atoms with van der Waals surface area (Å²) >= 11 is 0. The molecule has 0 aliphatic rings. The molecule has 0 N–H and O–H groups in total. The van der Waals surface area contributed by atoms with Crippen molar-refractivity contribution < 1.29 is 28.6 Å². The number of unbranched alkanes of at least 4 members (excludes halogenated alkanes) is 46. The Bertz CT molecular complexity index is 1360. The molecule has 0 bridgehead atoms. The molecule has 0 spiro atoms. The Morgan fingerprint density at radius 1 is 0.253 bits per heavy atom. The Kier molecular flexibility index (Phi) is 65.6. The fraction of sp³-hybridized carbons (Fsp3) is 0.849. The van der Waals surface area contributed by atoms with E-state index in [1.807, 2.05) is 0 Å². The highest BCUT2D eigenvalue weighted by molar-refractivity contribution is 5.71. The van der Waals surface area contributed by atoms with Crippen LogP contribution in [0.5, 0.6) is 0 Å². The molecule has 0 aromatic rings. The lowest BCUT2D eigenvalue weighted by Crippen LogP contribution is -2.30. The minimum Gasteiger partial charge on any atom is -0.462 e. The molecule has 0 fully saturated rings. The SMILES string of the molecule is CCC/C=C\C/C=C\CCCCCCCC(=O)OCC(COC(=O)CCCCCCCCCCCCCCCCCCCCCCCCCCCCCCCCCC)OC(=O)CCCCCCC/C=C\C/C=C\CCCCCC. The van der Waals surface area contributed by atoms with E-state index in [-0.39, 0.29) is 31.1 Å². The molecule has 0 saturated carbocycles. The lowest BCUT2D eigenvalue weighted by atomic mass is 10.0. The molecule has 0 rings (SSSR count). The summed E-state index contributed by atoms with van der Waals surface area (Å²) in [6.45, 7) is 6.59. The summed E-state index contributed by atoms with van der Waals surface area (Å²) in [6.07, 6.45) is 85.9. The van der Waals surface area contributed by atoms with E-state index in [0.29, 0.717) is 19.3 Å². The molecular weight excluding hydrogens is 973 g/mol. The normalized spacial score (nSPS) is 12.3. The van der Waals surface area contributed by atoms with E-state index >= 15 is 0 Å². The fourth-order valence-electron chi connectivity index (χ4n) is 10.5. The third-order valence-electron chi connectivity index (χ3n) is 15.8. The first-order valence-electron chi connectivity index (χ1n) is 35.1. The summed E-state index contributed by atoms with van der Waals surface area (Å²) in [4.78, 5) is 38.3. The molecule has 6 heteroatoms. The van der Waals surface area contributed by atoms with Crippen molar-refractivity contribution in [2.75, 3.05) is 13.2 Å². The second kappa shape index (κ2) is 67.9. The van der Waals surface area contributed by atoms with Gasteiger partial charge in [-0.1, -0.05) is 333 Å². The van der Waals surface area contributed by atoms with Gasteiger partial charge in [-0.25, -0.2) is 0 Å². The smallest absolute Gasteiger partial charge is 0.306 e. The number of hydrogen-bond donors (Lipinski definition) is 0. The van der Waals surface area contributed by atoms with Crippen LogP contribution in [0.3, 0.4) is 0 Å². The molecule has 462 valence electrons. The molecule has 0 aromatic carbocycles. The van der Waals surface area contributed by atoms with Crippen LogP contribution < -0.4 is 0 Å². The highest BCUT2D eigenvalue weighted by Crippen LogP contribution is 2.18. The molecule has 0 aliphatic heterocycles. The summed E-state index contributed by atoms with van der Waals surface area (Å²) < 4.78 is 16.9. The highest BCUT2D eigenvalue weighted by Gasteiger charge is 2.19. The second-order valence-electron chi connectivity index (χ2n) is 23.8. The Morgan fingerprint density at radius 2 is 0.481 bits per heavy atom. The predicted octanol–water partition coefficient (Wildman–Crippen LogP) is 24.1. The van der Waals surface area contributed by atoms with E-state index in [1.165, 1.54) is 231 Å². The Hall–Kier alpha value is -2.63. The minimum atomic E-state index is -0.786. The van der Waals surface area contributed by atoms with Gasteiger partial charge in [0.05, 0.1) is 0 Å². The maximum Gasteiger partial charge on any atom is 0.306 e. The molecule has 0 aliphatic carbocycles. The second-order valence-corrected chi connectivity index (χ2v) is 23.8. The number of carbonyl (C=O) groups excluding carboxylic acids is 3. The molecule has 1 atom stereocenters. The zero-order valence-electron chi connectivity index (χ0n) is 53.2. The molecule has 0 aromatic heterocycles. The first-order valence-corrected chi connectivity index (χ1v) is 35.1. The lowest BCUT2D eigenvalue weighted by molar-refractivity contribution is -0.167. The van der Waals surface area contributed by atoms with Crippen LogP contribution in [0, 0.1) is 0 Å². The molecule has 6 nitrogen and oxygen atoms in total. The van der Waals surface area contributed by atoms with Crippen molar-refractivity contribution in [1.82, 2.24) is 0 Å². The summed E-state index contributed by atoms with van der Waals surface area (Å²) in [6, 6.07) is 0. The molecule has 0 saturated heterocycles. The van der Waals surface area contributed by atoms with Gasteiger partial charge in [-0.2, -0.15) is 0 Å².